The Morgan fingerprint density at radius 1 is 1.44 bits per heavy atom. The standard InChI is InChI=1S/C10H19N3O3/c1-8(10(15)16)12-9(14)7-13-5-2-3-11-4-6-13/h8,11H,2-7H2,1H3,(H,12,14)(H,15,16)/t8-/m1/s1. The summed E-state index contributed by atoms with van der Waals surface area (Å²) in [6.45, 7) is 5.30. The van der Waals surface area contributed by atoms with Crippen molar-refractivity contribution in [2.75, 3.05) is 32.7 Å². The average Bonchev–Trinajstić information content (AvgIpc) is 2.45. The van der Waals surface area contributed by atoms with Gasteiger partial charge in [0, 0.05) is 13.1 Å². The van der Waals surface area contributed by atoms with Crippen molar-refractivity contribution in [1.29, 1.82) is 0 Å². The first-order chi connectivity index (χ1) is 7.59. The number of aliphatic carboxylic acids is 1. The Morgan fingerprint density at radius 3 is 2.88 bits per heavy atom. The van der Waals surface area contributed by atoms with E-state index in [4.69, 9.17) is 5.11 Å². The fourth-order valence-corrected chi connectivity index (χ4v) is 1.61. The maximum Gasteiger partial charge on any atom is 0.325 e. The number of amides is 1. The zero-order valence-corrected chi connectivity index (χ0v) is 9.53. The SMILES string of the molecule is C[C@@H](NC(=O)CN1CCCNCC1)C(=O)O. The van der Waals surface area contributed by atoms with Gasteiger partial charge in [0.1, 0.15) is 6.04 Å². The van der Waals surface area contributed by atoms with Crippen LogP contribution in [0.2, 0.25) is 0 Å². The second-order valence-corrected chi connectivity index (χ2v) is 4.01. The van der Waals surface area contributed by atoms with Gasteiger partial charge in [0.2, 0.25) is 5.91 Å². The molecule has 0 aromatic carbocycles. The van der Waals surface area contributed by atoms with E-state index < -0.39 is 12.0 Å². The third-order valence-electron chi connectivity index (χ3n) is 2.55. The van der Waals surface area contributed by atoms with Gasteiger partial charge >= 0.3 is 5.97 Å². The van der Waals surface area contributed by atoms with E-state index in [1.807, 2.05) is 4.90 Å². The van der Waals surface area contributed by atoms with E-state index in [0.717, 1.165) is 32.6 Å². The zero-order chi connectivity index (χ0) is 12.0. The maximum atomic E-state index is 11.5. The highest BCUT2D eigenvalue weighted by Crippen LogP contribution is 1.95. The molecule has 0 aromatic heterocycles. The van der Waals surface area contributed by atoms with Gasteiger partial charge in [-0.25, -0.2) is 0 Å². The molecule has 6 nitrogen and oxygen atoms in total. The van der Waals surface area contributed by atoms with E-state index in [1.165, 1.54) is 6.92 Å². The molecule has 0 unspecified atom stereocenters. The van der Waals surface area contributed by atoms with Gasteiger partial charge < -0.3 is 15.7 Å². The fraction of sp³-hybridized carbons (Fsp3) is 0.800. The minimum Gasteiger partial charge on any atom is -0.480 e. The van der Waals surface area contributed by atoms with Crippen molar-refractivity contribution in [3.63, 3.8) is 0 Å². The third-order valence-corrected chi connectivity index (χ3v) is 2.55. The van der Waals surface area contributed by atoms with Crippen LogP contribution in [0.3, 0.4) is 0 Å². The largest absolute Gasteiger partial charge is 0.480 e. The summed E-state index contributed by atoms with van der Waals surface area (Å²) in [4.78, 5) is 24.1. The zero-order valence-electron chi connectivity index (χ0n) is 9.53. The van der Waals surface area contributed by atoms with Crippen molar-refractivity contribution in [2.45, 2.75) is 19.4 Å². The van der Waals surface area contributed by atoms with E-state index in [2.05, 4.69) is 10.6 Å². The van der Waals surface area contributed by atoms with E-state index in [9.17, 15) is 9.59 Å². The molecular formula is C10H19N3O3. The van der Waals surface area contributed by atoms with E-state index >= 15 is 0 Å². The van der Waals surface area contributed by atoms with Gasteiger partial charge in [0.15, 0.2) is 0 Å². The molecule has 1 atom stereocenters. The number of hydrogen-bond acceptors (Lipinski definition) is 4. The van der Waals surface area contributed by atoms with Crippen LogP contribution in [-0.4, -0.2) is 60.6 Å². The summed E-state index contributed by atoms with van der Waals surface area (Å²) in [6.07, 6.45) is 1.02. The van der Waals surface area contributed by atoms with Gasteiger partial charge in [0.05, 0.1) is 6.54 Å². The Morgan fingerprint density at radius 2 is 2.19 bits per heavy atom. The second-order valence-electron chi connectivity index (χ2n) is 4.01. The summed E-state index contributed by atoms with van der Waals surface area (Å²) in [6, 6.07) is -0.822. The molecule has 3 N–H and O–H groups in total. The average molecular weight is 229 g/mol. The van der Waals surface area contributed by atoms with Crippen LogP contribution in [0.1, 0.15) is 13.3 Å². The van der Waals surface area contributed by atoms with Crippen molar-refractivity contribution < 1.29 is 14.7 Å². The molecule has 1 heterocycles. The topological polar surface area (TPSA) is 81.7 Å². The first-order valence-corrected chi connectivity index (χ1v) is 5.55. The monoisotopic (exact) mass is 229 g/mol. The molecule has 1 amide bonds. The van der Waals surface area contributed by atoms with Gasteiger partial charge in [-0.05, 0) is 26.4 Å². The molecule has 1 fully saturated rings. The highest BCUT2D eigenvalue weighted by Gasteiger charge is 2.17. The minimum absolute atomic E-state index is 0.225. The van der Waals surface area contributed by atoms with Crippen LogP contribution in [0.15, 0.2) is 0 Å². The lowest BCUT2D eigenvalue weighted by molar-refractivity contribution is -0.141. The first-order valence-electron chi connectivity index (χ1n) is 5.55. The Kier molecular flexibility index (Phi) is 5.21. The van der Waals surface area contributed by atoms with Crippen molar-refractivity contribution in [3.05, 3.63) is 0 Å². The predicted octanol–water partition coefficient (Wildman–Crippen LogP) is -1.13. The predicted molar refractivity (Wildman–Crippen MR) is 59.2 cm³/mol. The first kappa shape index (κ1) is 12.9. The molecule has 1 saturated heterocycles. The van der Waals surface area contributed by atoms with Gasteiger partial charge in [0.25, 0.3) is 0 Å². The van der Waals surface area contributed by atoms with E-state index in [1.54, 1.807) is 0 Å². The lowest BCUT2D eigenvalue weighted by Gasteiger charge is -2.19. The molecule has 0 spiro atoms. The number of carbonyl (C=O) groups excluding carboxylic acids is 1. The second kappa shape index (κ2) is 6.44. The molecule has 0 bridgehead atoms. The van der Waals surface area contributed by atoms with Gasteiger partial charge in [-0.3, -0.25) is 14.5 Å². The molecule has 1 rings (SSSR count). The molecule has 0 aromatic rings. The van der Waals surface area contributed by atoms with Crippen LogP contribution in [-0.2, 0) is 9.59 Å². The maximum absolute atomic E-state index is 11.5. The Bertz CT molecular complexity index is 250. The minimum atomic E-state index is -1.01. The smallest absolute Gasteiger partial charge is 0.325 e. The van der Waals surface area contributed by atoms with Crippen LogP contribution < -0.4 is 10.6 Å². The van der Waals surface area contributed by atoms with E-state index in [0.29, 0.717) is 0 Å². The number of hydrogen-bond donors (Lipinski definition) is 3. The Labute approximate surface area is 95.0 Å². The highest BCUT2D eigenvalue weighted by atomic mass is 16.4. The van der Waals surface area contributed by atoms with Crippen molar-refractivity contribution >= 4 is 11.9 Å². The summed E-state index contributed by atoms with van der Waals surface area (Å²) in [5.74, 6) is -1.23. The van der Waals surface area contributed by atoms with Crippen molar-refractivity contribution in [2.24, 2.45) is 0 Å². The fourth-order valence-electron chi connectivity index (χ4n) is 1.61. The number of nitrogens with zero attached hydrogens (tertiary/aromatic N) is 1. The summed E-state index contributed by atoms with van der Waals surface area (Å²) in [5, 5.41) is 14.3. The van der Waals surface area contributed by atoms with Crippen molar-refractivity contribution in [3.8, 4) is 0 Å². The lowest BCUT2D eigenvalue weighted by atomic mass is 10.3. The molecule has 92 valence electrons. The molecule has 1 aliphatic heterocycles. The summed E-state index contributed by atoms with van der Waals surface area (Å²) < 4.78 is 0. The number of carboxylic acids is 1. The lowest BCUT2D eigenvalue weighted by Crippen LogP contribution is -2.44. The summed E-state index contributed by atoms with van der Waals surface area (Å²) in [7, 11) is 0. The normalized spacial score (nSPS) is 19.8. The highest BCUT2D eigenvalue weighted by molar-refractivity contribution is 5.84. The van der Waals surface area contributed by atoms with Crippen molar-refractivity contribution in [1.82, 2.24) is 15.5 Å². The summed E-state index contributed by atoms with van der Waals surface area (Å²) in [5.41, 5.74) is 0. The Balaban J connectivity index is 2.29. The van der Waals surface area contributed by atoms with Gasteiger partial charge in [-0.1, -0.05) is 0 Å². The number of nitrogens with one attached hydrogen (secondary N) is 2. The van der Waals surface area contributed by atoms with Crippen LogP contribution in [0.4, 0.5) is 0 Å². The molecule has 0 saturated carbocycles. The van der Waals surface area contributed by atoms with Crippen LogP contribution >= 0.6 is 0 Å². The van der Waals surface area contributed by atoms with Gasteiger partial charge in [-0.15, -0.1) is 0 Å². The molecular weight excluding hydrogens is 210 g/mol. The third kappa shape index (κ3) is 4.59. The van der Waals surface area contributed by atoms with Gasteiger partial charge in [-0.2, -0.15) is 0 Å². The van der Waals surface area contributed by atoms with Crippen LogP contribution in [0.5, 0.6) is 0 Å². The van der Waals surface area contributed by atoms with Crippen LogP contribution in [0.25, 0.3) is 0 Å². The molecule has 0 radical (unpaired) electrons. The molecule has 1 aliphatic rings. The molecule has 16 heavy (non-hydrogen) atoms. The number of rotatable bonds is 4. The molecule has 6 heteroatoms. The number of carbonyl (C=O) groups is 2. The summed E-state index contributed by atoms with van der Waals surface area (Å²) >= 11 is 0. The Hall–Kier alpha value is -1.14. The quantitative estimate of drug-likeness (QED) is 0.568. The van der Waals surface area contributed by atoms with Crippen LogP contribution in [0, 0.1) is 0 Å². The van der Waals surface area contributed by atoms with E-state index in [-0.39, 0.29) is 12.5 Å². The molecule has 0 aliphatic carbocycles. The number of carboxylic acid groups (broad SMARTS) is 1.